The van der Waals surface area contributed by atoms with Crippen molar-refractivity contribution in [3.8, 4) is 0 Å². The Labute approximate surface area is 175 Å². The summed E-state index contributed by atoms with van der Waals surface area (Å²) >= 11 is 0. The van der Waals surface area contributed by atoms with Crippen LogP contribution in [-0.2, 0) is 16.1 Å². The van der Waals surface area contributed by atoms with Gasteiger partial charge in [0.05, 0.1) is 0 Å². The lowest BCUT2D eigenvalue weighted by Gasteiger charge is -2.16. The molecule has 2 aliphatic rings. The van der Waals surface area contributed by atoms with Crippen molar-refractivity contribution in [1.29, 1.82) is 0 Å². The fourth-order valence-corrected chi connectivity index (χ4v) is 4.23. The number of rotatable bonds is 6. The largest absolute Gasteiger partial charge is 0.446 e. The molecule has 8 nitrogen and oxygen atoms in total. The molecule has 2 aromatic rings. The number of anilines is 1. The average molecular weight is 412 g/mol. The van der Waals surface area contributed by atoms with Crippen molar-refractivity contribution in [3.05, 3.63) is 47.7 Å². The second kappa shape index (κ2) is 9.65. The van der Waals surface area contributed by atoms with Crippen LogP contribution >= 0.6 is 0 Å². The molecular weight excluding hydrogens is 384 g/mol. The minimum atomic E-state index is -0.548. The number of aromatic nitrogens is 2. The highest BCUT2D eigenvalue weighted by atomic mass is 16.6. The SMILES string of the molecule is O=C(Nc1cc(C2CCC(OC(=O)NC3CCCC3)C2)[nH]n1)OCc1ccccc1. The quantitative estimate of drug-likeness (QED) is 0.649. The molecule has 3 N–H and O–H groups in total. The number of aromatic amines is 1. The molecule has 1 aromatic heterocycles. The van der Waals surface area contributed by atoms with Crippen LogP contribution in [0, 0.1) is 0 Å². The summed E-state index contributed by atoms with van der Waals surface area (Å²) in [6, 6.07) is 11.6. The van der Waals surface area contributed by atoms with Crippen molar-refractivity contribution in [2.75, 3.05) is 5.32 Å². The third-order valence-corrected chi connectivity index (χ3v) is 5.82. The number of H-pyrrole nitrogens is 1. The number of carbonyl (C=O) groups is 2. The van der Waals surface area contributed by atoms with E-state index in [0.29, 0.717) is 5.82 Å². The Morgan fingerprint density at radius 3 is 2.67 bits per heavy atom. The minimum Gasteiger partial charge on any atom is -0.446 e. The third-order valence-electron chi connectivity index (χ3n) is 5.82. The number of hydrogen-bond acceptors (Lipinski definition) is 5. The van der Waals surface area contributed by atoms with Gasteiger partial charge in [-0.3, -0.25) is 10.4 Å². The van der Waals surface area contributed by atoms with E-state index in [1.54, 1.807) is 0 Å². The summed E-state index contributed by atoms with van der Waals surface area (Å²) in [6.07, 6.45) is 5.96. The Kier molecular flexibility index (Phi) is 6.51. The number of hydrogen-bond donors (Lipinski definition) is 3. The van der Waals surface area contributed by atoms with Gasteiger partial charge < -0.3 is 14.8 Å². The highest BCUT2D eigenvalue weighted by molar-refractivity contribution is 5.83. The Balaban J connectivity index is 1.21. The molecule has 0 bridgehead atoms. The van der Waals surface area contributed by atoms with Crippen LogP contribution < -0.4 is 10.6 Å². The van der Waals surface area contributed by atoms with Crippen molar-refractivity contribution < 1.29 is 19.1 Å². The zero-order valence-corrected chi connectivity index (χ0v) is 16.9. The van der Waals surface area contributed by atoms with Crippen LogP contribution in [0.2, 0.25) is 0 Å². The summed E-state index contributed by atoms with van der Waals surface area (Å²) in [6.45, 7) is 0.203. The minimum absolute atomic E-state index is 0.0908. The highest BCUT2D eigenvalue weighted by Gasteiger charge is 2.30. The smallest absolute Gasteiger partial charge is 0.413 e. The first-order valence-electron chi connectivity index (χ1n) is 10.7. The van der Waals surface area contributed by atoms with Crippen LogP contribution in [-0.4, -0.2) is 34.5 Å². The molecule has 2 fully saturated rings. The monoisotopic (exact) mass is 412 g/mol. The summed E-state index contributed by atoms with van der Waals surface area (Å²) < 4.78 is 10.8. The summed E-state index contributed by atoms with van der Waals surface area (Å²) in [5.74, 6) is 0.643. The maximum Gasteiger partial charge on any atom is 0.413 e. The van der Waals surface area contributed by atoms with Gasteiger partial charge >= 0.3 is 12.2 Å². The molecule has 0 saturated heterocycles. The zero-order valence-electron chi connectivity index (χ0n) is 16.9. The van der Waals surface area contributed by atoms with E-state index in [-0.39, 0.29) is 30.8 Å². The first kappa shape index (κ1) is 20.3. The number of ether oxygens (including phenoxy) is 2. The molecule has 0 radical (unpaired) electrons. The Morgan fingerprint density at radius 1 is 1.07 bits per heavy atom. The molecule has 160 valence electrons. The van der Waals surface area contributed by atoms with E-state index in [1.807, 2.05) is 36.4 Å². The Hall–Kier alpha value is -3.03. The second-order valence-electron chi connectivity index (χ2n) is 8.06. The van der Waals surface area contributed by atoms with E-state index in [1.165, 1.54) is 12.8 Å². The van der Waals surface area contributed by atoms with E-state index >= 15 is 0 Å². The summed E-state index contributed by atoms with van der Waals surface area (Å²) in [5, 5.41) is 12.7. The fraction of sp³-hybridized carbons (Fsp3) is 0.500. The maximum absolute atomic E-state index is 12.1. The lowest BCUT2D eigenvalue weighted by molar-refractivity contribution is 0.0971. The molecule has 2 saturated carbocycles. The lowest BCUT2D eigenvalue weighted by atomic mass is 10.0. The van der Waals surface area contributed by atoms with Gasteiger partial charge in [0.25, 0.3) is 0 Å². The molecule has 30 heavy (non-hydrogen) atoms. The molecule has 2 atom stereocenters. The average Bonchev–Trinajstić information content (AvgIpc) is 3.50. The highest BCUT2D eigenvalue weighted by Crippen LogP contribution is 2.36. The van der Waals surface area contributed by atoms with Crippen LogP contribution in [0.15, 0.2) is 36.4 Å². The third kappa shape index (κ3) is 5.52. The molecule has 8 heteroatoms. The van der Waals surface area contributed by atoms with Gasteiger partial charge in [0, 0.05) is 23.7 Å². The van der Waals surface area contributed by atoms with Crippen LogP contribution in [0.5, 0.6) is 0 Å². The van der Waals surface area contributed by atoms with Crippen molar-refractivity contribution in [1.82, 2.24) is 15.5 Å². The molecule has 2 amide bonds. The fourth-order valence-electron chi connectivity index (χ4n) is 4.23. The molecular formula is C22H28N4O4. The van der Waals surface area contributed by atoms with Crippen LogP contribution in [0.3, 0.4) is 0 Å². The molecule has 2 aliphatic carbocycles. The number of benzene rings is 1. The van der Waals surface area contributed by atoms with Gasteiger partial charge in [-0.1, -0.05) is 43.2 Å². The normalized spacial score (nSPS) is 21.3. The molecule has 4 rings (SSSR count). The topological polar surface area (TPSA) is 105 Å². The van der Waals surface area contributed by atoms with Gasteiger partial charge in [0.1, 0.15) is 12.7 Å². The number of amides is 2. The first-order chi connectivity index (χ1) is 14.7. The predicted octanol–water partition coefficient (Wildman–Crippen LogP) is 4.46. The van der Waals surface area contributed by atoms with Gasteiger partial charge in [0.2, 0.25) is 0 Å². The molecule has 1 aromatic carbocycles. The van der Waals surface area contributed by atoms with Gasteiger partial charge in [-0.2, -0.15) is 5.10 Å². The van der Waals surface area contributed by atoms with E-state index in [0.717, 1.165) is 43.4 Å². The van der Waals surface area contributed by atoms with Crippen LogP contribution in [0.25, 0.3) is 0 Å². The van der Waals surface area contributed by atoms with Crippen molar-refractivity contribution >= 4 is 18.0 Å². The zero-order chi connectivity index (χ0) is 20.8. The van der Waals surface area contributed by atoms with Crippen LogP contribution in [0.4, 0.5) is 15.4 Å². The van der Waals surface area contributed by atoms with Gasteiger partial charge in [-0.25, -0.2) is 9.59 Å². The summed E-state index contributed by atoms with van der Waals surface area (Å²) in [4.78, 5) is 24.1. The first-order valence-corrected chi connectivity index (χ1v) is 10.7. The van der Waals surface area contributed by atoms with Gasteiger partial charge in [-0.05, 0) is 37.7 Å². The lowest BCUT2D eigenvalue weighted by Crippen LogP contribution is -2.35. The van der Waals surface area contributed by atoms with Crippen LogP contribution in [0.1, 0.15) is 62.1 Å². The number of nitrogens with one attached hydrogen (secondary N) is 3. The molecule has 2 unspecified atom stereocenters. The Bertz CT molecular complexity index is 848. The Morgan fingerprint density at radius 2 is 1.87 bits per heavy atom. The van der Waals surface area contributed by atoms with Crippen molar-refractivity contribution in [2.45, 2.75) is 69.6 Å². The van der Waals surface area contributed by atoms with Gasteiger partial charge in [-0.15, -0.1) is 0 Å². The summed E-state index contributed by atoms with van der Waals surface area (Å²) in [5.41, 5.74) is 1.85. The second-order valence-corrected chi connectivity index (χ2v) is 8.06. The molecule has 0 aliphatic heterocycles. The number of carbonyl (C=O) groups excluding carboxylic acids is 2. The van der Waals surface area contributed by atoms with Gasteiger partial charge in [0.15, 0.2) is 5.82 Å². The summed E-state index contributed by atoms with van der Waals surface area (Å²) in [7, 11) is 0. The van der Waals surface area contributed by atoms with E-state index in [4.69, 9.17) is 9.47 Å². The number of alkyl carbamates (subject to hydrolysis) is 1. The molecule has 0 spiro atoms. The van der Waals surface area contributed by atoms with E-state index < -0.39 is 6.09 Å². The van der Waals surface area contributed by atoms with Crippen molar-refractivity contribution in [3.63, 3.8) is 0 Å². The maximum atomic E-state index is 12.1. The van der Waals surface area contributed by atoms with E-state index in [9.17, 15) is 9.59 Å². The standard InChI is InChI=1S/C22H28N4O4/c27-21(29-14-15-6-2-1-3-7-15)24-20-13-19(25-26-20)16-10-11-18(12-16)30-22(28)23-17-8-4-5-9-17/h1-3,6-7,13,16-18H,4-5,8-12,14H2,(H,23,28)(H2,24,25,26,27). The molecule has 1 heterocycles. The predicted molar refractivity (Wildman–Crippen MR) is 111 cm³/mol. The van der Waals surface area contributed by atoms with E-state index in [2.05, 4.69) is 20.8 Å². The number of nitrogens with zero attached hydrogens (tertiary/aromatic N) is 1. The van der Waals surface area contributed by atoms with Crippen molar-refractivity contribution in [2.24, 2.45) is 0 Å².